The number of hydrogen-bond donors (Lipinski definition) is 2. The normalized spacial score (nSPS) is 10.3. The van der Waals surface area contributed by atoms with Gasteiger partial charge in [-0.25, -0.2) is 0 Å². The van der Waals surface area contributed by atoms with Gasteiger partial charge in [-0.15, -0.1) is 0 Å². The Hall–Kier alpha value is -3.67. The summed E-state index contributed by atoms with van der Waals surface area (Å²) in [5.41, 5.74) is 3.47. The minimum Gasteiger partial charge on any atom is -0.497 e. The molecule has 0 saturated heterocycles. The number of anilines is 2. The quantitative estimate of drug-likeness (QED) is 0.565. The molecule has 0 fully saturated rings. The van der Waals surface area contributed by atoms with Crippen LogP contribution < -0.4 is 15.4 Å². The van der Waals surface area contributed by atoms with Crippen molar-refractivity contribution < 1.29 is 14.3 Å². The van der Waals surface area contributed by atoms with E-state index in [9.17, 15) is 9.59 Å². The first-order valence-electron chi connectivity index (χ1n) is 9.29. The molecular weight excluding hydrogens is 366 g/mol. The number of carbonyl (C=O) groups is 2. The molecule has 0 aliphatic rings. The maximum atomic E-state index is 12.5. The number of methoxy groups -OCH3 is 1. The first-order chi connectivity index (χ1) is 14.0. The van der Waals surface area contributed by atoms with E-state index in [4.69, 9.17) is 4.74 Å². The standard InChI is InChI=1S/C23H23N3O3/c1-16(27)18-6-4-7-20(12-18)26-23(28)19-13-21(15-24-14-19)25-10-9-17-5-3-8-22(11-17)29-2/h3-8,11-15,25H,9-10H2,1-2H3,(H,26,28). The molecule has 6 nitrogen and oxygen atoms in total. The number of carbonyl (C=O) groups excluding carboxylic acids is 2. The van der Waals surface area contributed by atoms with Crippen molar-refractivity contribution in [2.75, 3.05) is 24.3 Å². The van der Waals surface area contributed by atoms with Crippen molar-refractivity contribution in [3.8, 4) is 5.75 Å². The third-order valence-corrected chi connectivity index (χ3v) is 4.40. The second kappa shape index (κ2) is 9.50. The van der Waals surface area contributed by atoms with E-state index in [2.05, 4.69) is 15.6 Å². The number of Topliss-reactive ketones (excluding diaryl/α,β-unsaturated/α-hetero) is 1. The van der Waals surface area contributed by atoms with Gasteiger partial charge >= 0.3 is 0 Å². The van der Waals surface area contributed by atoms with E-state index < -0.39 is 0 Å². The number of ether oxygens (including phenoxy) is 1. The highest BCUT2D eigenvalue weighted by molar-refractivity contribution is 6.05. The molecule has 1 aromatic heterocycles. The van der Waals surface area contributed by atoms with E-state index >= 15 is 0 Å². The van der Waals surface area contributed by atoms with Crippen LogP contribution in [0.3, 0.4) is 0 Å². The van der Waals surface area contributed by atoms with Crippen molar-refractivity contribution in [2.24, 2.45) is 0 Å². The molecule has 0 saturated carbocycles. The lowest BCUT2D eigenvalue weighted by Gasteiger charge is -2.10. The first-order valence-corrected chi connectivity index (χ1v) is 9.29. The Kier molecular flexibility index (Phi) is 6.58. The summed E-state index contributed by atoms with van der Waals surface area (Å²) in [4.78, 5) is 28.2. The number of ketones is 1. The van der Waals surface area contributed by atoms with Crippen molar-refractivity contribution in [1.29, 1.82) is 0 Å². The molecule has 29 heavy (non-hydrogen) atoms. The molecule has 3 aromatic rings. The molecule has 1 heterocycles. The van der Waals surface area contributed by atoms with Gasteiger partial charge in [0.25, 0.3) is 5.91 Å². The number of aromatic nitrogens is 1. The van der Waals surface area contributed by atoms with Gasteiger partial charge in [0.1, 0.15) is 5.75 Å². The van der Waals surface area contributed by atoms with Crippen molar-refractivity contribution in [3.63, 3.8) is 0 Å². The summed E-state index contributed by atoms with van der Waals surface area (Å²) in [6.07, 6.45) is 4.00. The van der Waals surface area contributed by atoms with E-state index in [0.717, 1.165) is 23.4 Å². The second-order valence-electron chi connectivity index (χ2n) is 6.58. The summed E-state index contributed by atoms with van der Waals surface area (Å²) >= 11 is 0. The molecule has 1 amide bonds. The highest BCUT2D eigenvalue weighted by atomic mass is 16.5. The minimum absolute atomic E-state index is 0.0509. The zero-order valence-electron chi connectivity index (χ0n) is 16.4. The van der Waals surface area contributed by atoms with Gasteiger partial charge in [0, 0.05) is 30.2 Å². The van der Waals surface area contributed by atoms with Crippen LogP contribution in [0.4, 0.5) is 11.4 Å². The average molecular weight is 389 g/mol. The Morgan fingerprint density at radius 1 is 0.966 bits per heavy atom. The maximum Gasteiger partial charge on any atom is 0.257 e. The molecule has 148 valence electrons. The van der Waals surface area contributed by atoms with Crippen LogP contribution in [0.2, 0.25) is 0 Å². The fourth-order valence-corrected chi connectivity index (χ4v) is 2.86. The van der Waals surface area contributed by atoms with Gasteiger partial charge in [0.15, 0.2) is 5.78 Å². The Morgan fingerprint density at radius 2 is 1.76 bits per heavy atom. The summed E-state index contributed by atoms with van der Waals surface area (Å²) < 4.78 is 5.24. The molecule has 0 unspecified atom stereocenters. The molecule has 0 aliphatic carbocycles. The summed E-state index contributed by atoms with van der Waals surface area (Å²) in [6.45, 7) is 2.19. The number of nitrogens with one attached hydrogen (secondary N) is 2. The van der Waals surface area contributed by atoms with Crippen LogP contribution in [0.15, 0.2) is 67.0 Å². The zero-order valence-corrected chi connectivity index (χ0v) is 16.4. The molecule has 6 heteroatoms. The fraction of sp³-hybridized carbons (Fsp3) is 0.174. The molecule has 0 aliphatic heterocycles. The second-order valence-corrected chi connectivity index (χ2v) is 6.58. The van der Waals surface area contributed by atoms with Crippen molar-refractivity contribution in [1.82, 2.24) is 4.98 Å². The molecule has 0 bridgehead atoms. The Labute approximate surface area is 169 Å². The number of rotatable bonds is 8. The first kappa shape index (κ1) is 20.1. The molecule has 3 rings (SSSR count). The summed E-state index contributed by atoms with van der Waals surface area (Å²) in [5, 5.41) is 6.09. The predicted molar refractivity (Wildman–Crippen MR) is 114 cm³/mol. The Bertz CT molecular complexity index is 1020. The van der Waals surface area contributed by atoms with Crippen LogP contribution >= 0.6 is 0 Å². The fourth-order valence-electron chi connectivity index (χ4n) is 2.86. The smallest absolute Gasteiger partial charge is 0.257 e. The van der Waals surface area contributed by atoms with E-state index in [-0.39, 0.29) is 11.7 Å². The zero-order chi connectivity index (χ0) is 20.6. The van der Waals surface area contributed by atoms with Gasteiger partial charge in [-0.2, -0.15) is 0 Å². The third kappa shape index (κ3) is 5.65. The number of amides is 1. The van der Waals surface area contributed by atoms with Crippen LogP contribution in [0.25, 0.3) is 0 Å². The lowest BCUT2D eigenvalue weighted by Crippen LogP contribution is -2.13. The van der Waals surface area contributed by atoms with Gasteiger partial charge in [-0.1, -0.05) is 24.3 Å². The highest BCUT2D eigenvalue weighted by Crippen LogP contribution is 2.16. The lowest BCUT2D eigenvalue weighted by atomic mass is 10.1. The van der Waals surface area contributed by atoms with Gasteiger partial charge in [-0.3, -0.25) is 14.6 Å². The number of pyridine rings is 1. The number of hydrogen-bond acceptors (Lipinski definition) is 5. The summed E-state index contributed by atoms with van der Waals surface area (Å²) in [5.74, 6) is 0.497. The van der Waals surface area contributed by atoms with Gasteiger partial charge < -0.3 is 15.4 Å². The van der Waals surface area contributed by atoms with Crippen LogP contribution in [0.5, 0.6) is 5.75 Å². The predicted octanol–water partition coefficient (Wildman–Crippen LogP) is 4.20. The number of benzene rings is 2. The van der Waals surface area contributed by atoms with Crippen molar-refractivity contribution >= 4 is 23.1 Å². The maximum absolute atomic E-state index is 12.5. The van der Waals surface area contributed by atoms with Crippen molar-refractivity contribution in [3.05, 3.63) is 83.7 Å². The van der Waals surface area contributed by atoms with Gasteiger partial charge in [0.05, 0.1) is 18.4 Å². The monoisotopic (exact) mass is 389 g/mol. The van der Waals surface area contributed by atoms with E-state index in [1.54, 1.807) is 43.6 Å². The van der Waals surface area contributed by atoms with Crippen LogP contribution in [-0.2, 0) is 6.42 Å². The molecular formula is C23H23N3O3. The summed E-state index contributed by atoms with van der Waals surface area (Å²) in [7, 11) is 1.65. The third-order valence-electron chi connectivity index (χ3n) is 4.40. The summed E-state index contributed by atoms with van der Waals surface area (Å²) in [6, 6.07) is 16.5. The van der Waals surface area contributed by atoms with Crippen LogP contribution in [0.1, 0.15) is 33.2 Å². The SMILES string of the molecule is COc1cccc(CCNc2cncc(C(=O)Nc3cccc(C(C)=O)c3)c2)c1. The lowest BCUT2D eigenvalue weighted by molar-refractivity contribution is 0.101. The van der Waals surface area contributed by atoms with E-state index in [1.165, 1.54) is 13.1 Å². The van der Waals surface area contributed by atoms with Crippen LogP contribution in [0, 0.1) is 0 Å². The van der Waals surface area contributed by atoms with E-state index in [1.807, 2.05) is 24.3 Å². The molecule has 2 N–H and O–H groups in total. The Morgan fingerprint density at radius 3 is 2.55 bits per heavy atom. The average Bonchev–Trinajstić information content (AvgIpc) is 2.74. The van der Waals surface area contributed by atoms with Crippen LogP contribution in [-0.4, -0.2) is 30.3 Å². The Balaban J connectivity index is 1.60. The molecule has 0 spiro atoms. The van der Waals surface area contributed by atoms with Gasteiger partial charge in [0.2, 0.25) is 0 Å². The molecule has 0 radical (unpaired) electrons. The molecule has 2 aromatic carbocycles. The van der Waals surface area contributed by atoms with Gasteiger partial charge in [-0.05, 0) is 49.2 Å². The topological polar surface area (TPSA) is 80.3 Å². The van der Waals surface area contributed by atoms with E-state index in [0.29, 0.717) is 23.4 Å². The molecule has 0 atom stereocenters. The minimum atomic E-state index is -0.283. The highest BCUT2D eigenvalue weighted by Gasteiger charge is 2.09. The number of nitrogens with zero attached hydrogens (tertiary/aromatic N) is 1. The largest absolute Gasteiger partial charge is 0.497 e. The van der Waals surface area contributed by atoms with Crippen molar-refractivity contribution in [2.45, 2.75) is 13.3 Å².